The summed E-state index contributed by atoms with van der Waals surface area (Å²) in [6.07, 6.45) is 7.57. The second kappa shape index (κ2) is 6.39. The van der Waals surface area contributed by atoms with Gasteiger partial charge in [0, 0.05) is 13.1 Å². The molecule has 106 valence electrons. The van der Waals surface area contributed by atoms with Crippen molar-refractivity contribution >= 4 is 6.03 Å². The summed E-state index contributed by atoms with van der Waals surface area (Å²) in [5.74, 6) is 0. The van der Waals surface area contributed by atoms with Crippen LogP contribution in [0.2, 0.25) is 0 Å². The molecule has 0 aliphatic carbocycles. The third-order valence-corrected chi connectivity index (χ3v) is 3.61. The Labute approximate surface area is 136 Å². The van der Waals surface area contributed by atoms with Gasteiger partial charge in [-0.3, -0.25) is 4.90 Å². The number of aromatic nitrogens is 2. The molecule has 1 amide bonds. The Morgan fingerprint density at radius 3 is 2.70 bits per heavy atom. The van der Waals surface area contributed by atoms with Gasteiger partial charge in [-0.25, -0.2) is 9.36 Å². The molecule has 1 aliphatic heterocycles. The quantitative estimate of drug-likeness (QED) is 0.412. The summed E-state index contributed by atoms with van der Waals surface area (Å²) >= 11 is 0. The zero-order valence-corrected chi connectivity index (χ0v) is 13.7. The third-order valence-electron chi connectivity index (χ3n) is 3.61. The Balaban J connectivity index is 0.00000147. The van der Waals surface area contributed by atoms with E-state index in [2.05, 4.69) is 18.2 Å². The third kappa shape index (κ3) is 3.03. The van der Waals surface area contributed by atoms with Crippen LogP contribution in [-0.4, -0.2) is 22.0 Å². The molecule has 1 aliphatic rings. The lowest BCUT2D eigenvalue weighted by Crippen LogP contribution is -3.00. The summed E-state index contributed by atoms with van der Waals surface area (Å²) in [5, 5.41) is 0. The van der Waals surface area contributed by atoms with Crippen molar-refractivity contribution in [3.05, 3.63) is 54.1 Å². The normalized spacial score (nSPS) is 14.2. The van der Waals surface area contributed by atoms with Gasteiger partial charge in [0.2, 0.25) is 0 Å². The topological polar surface area (TPSA) is 29.1 Å². The standard InChI is InChI=1S/C15H18N3O.HI/c1-16-9-10-18(12-16)15(19)17-8-4-7-13-5-2-3-6-14(13)11-17;/h2-3,5-6,9-10,12H,4,7-8,11H2,1H3;1H/q+1;/p-1. The van der Waals surface area contributed by atoms with Crippen molar-refractivity contribution in [2.24, 2.45) is 7.05 Å². The van der Waals surface area contributed by atoms with Gasteiger partial charge < -0.3 is 24.0 Å². The van der Waals surface area contributed by atoms with Crippen LogP contribution < -0.4 is 28.5 Å². The number of rotatable bonds is 0. The minimum atomic E-state index is 0. The average Bonchev–Trinajstić information content (AvgIpc) is 2.74. The number of carbonyl (C=O) groups is 1. The molecule has 0 saturated heterocycles. The monoisotopic (exact) mass is 383 g/mol. The number of imidazole rings is 1. The molecule has 0 saturated carbocycles. The Morgan fingerprint density at radius 2 is 2.00 bits per heavy atom. The van der Waals surface area contributed by atoms with Crippen LogP contribution in [0.15, 0.2) is 43.0 Å². The van der Waals surface area contributed by atoms with Crippen molar-refractivity contribution in [3.63, 3.8) is 0 Å². The first kappa shape index (κ1) is 15.0. The van der Waals surface area contributed by atoms with Crippen LogP contribution in [0, 0.1) is 0 Å². The summed E-state index contributed by atoms with van der Waals surface area (Å²) < 4.78 is 3.53. The summed E-state index contributed by atoms with van der Waals surface area (Å²) in [5.41, 5.74) is 2.64. The second-order valence-corrected chi connectivity index (χ2v) is 5.06. The minimum absolute atomic E-state index is 0. The molecule has 0 fully saturated rings. The molecule has 1 aromatic carbocycles. The summed E-state index contributed by atoms with van der Waals surface area (Å²) in [6, 6.07) is 8.46. The Bertz CT molecular complexity index is 609. The fourth-order valence-corrected chi connectivity index (χ4v) is 2.59. The number of halogens is 1. The van der Waals surface area contributed by atoms with Crippen LogP contribution in [-0.2, 0) is 20.0 Å². The van der Waals surface area contributed by atoms with Gasteiger partial charge in [0.1, 0.15) is 12.4 Å². The van der Waals surface area contributed by atoms with Crippen molar-refractivity contribution in [1.29, 1.82) is 0 Å². The molecule has 0 N–H and O–H groups in total. The van der Waals surface area contributed by atoms with Gasteiger partial charge in [-0.05, 0) is 24.0 Å². The van der Waals surface area contributed by atoms with Gasteiger partial charge in [0.05, 0.1) is 7.05 Å². The minimum Gasteiger partial charge on any atom is -1.00 e. The lowest BCUT2D eigenvalue weighted by molar-refractivity contribution is -0.670. The first-order valence-corrected chi connectivity index (χ1v) is 6.63. The van der Waals surface area contributed by atoms with Crippen LogP contribution in [0.5, 0.6) is 0 Å². The summed E-state index contributed by atoms with van der Waals surface area (Å²) in [6.45, 7) is 1.52. The van der Waals surface area contributed by atoms with Crippen molar-refractivity contribution in [1.82, 2.24) is 9.47 Å². The highest BCUT2D eigenvalue weighted by Gasteiger charge is 2.23. The number of aryl methyl sites for hydroxylation is 2. The highest BCUT2D eigenvalue weighted by Crippen LogP contribution is 2.18. The number of carbonyl (C=O) groups excluding carboxylic acids is 1. The molecule has 2 heterocycles. The fourth-order valence-electron chi connectivity index (χ4n) is 2.59. The van der Waals surface area contributed by atoms with Gasteiger partial charge >= 0.3 is 6.03 Å². The molecule has 20 heavy (non-hydrogen) atoms. The Hall–Kier alpha value is -1.37. The molecule has 0 bridgehead atoms. The molecule has 3 rings (SSSR count). The van der Waals surface area contributed by atoms with E-state index in [-0.39, 0.29) is 30.0 Å². The molecule has 0 radical (unpaired) electrons. The van der Waals surface area contributed by atoms with Gasteiger partial charge in [0.15, 0.2) is 0 Å². The van der Waals surface area contributed by atoms with Crippen LogP contribution in [0.4, 0.5) is 4.79 Å². The number of nitrogens with zero attached hydrogens (tertiary/aromatic N) is 3. The van der Waals surface area contributed by atoms with Crippen molar-refractivity contribution in [2.45, 2.75) is 19.4 Å². The number of amides is 1. The van der Waals surface area contributed by atoms with Crippen LogP contribution >= 0.6 is 0 Å². The predicted octanol–water partition coefficient (Wildman–Crippen LogP) is -1.27. The van der Waals surface area contributed by atoms with E-state index in [1.165, 1.54) is 11.1 Å². The molecule has 4 nitrogen and oxygen atoms in total. The molecule has 0 spiro atoms. The maximum Gasteiger partial charge on any atom is 0.416 e. The van der Waals surface area contributed by atoms with E-state index in [9.17, 15) is 4.79 Å². The fraction of sp³-hybridized carbons (Fsp3) is 0.333. The van der Waals surface area contributed by atoms with Crippen molar-refractivity contribution in [3.8, 4) is 0 Å². The number of fused-ring (bicyclic) bond motifs is 1. The van der Waals surface area contributed by atoms with Gasteiger partial charge in [-0.1, -0.05) is 24.3 Å². The van der Waals surface area contributed by atoms with Gasteiger partial charge in [0.25, 0.3) is 6.33 Å². The summed E-state index contributed by atoms with van der Waals surface area (Å²) in [7, 11) is 1.92. The molecule has 2 aromatic rings. The van der Waals surface area contributed by atoms with Crippen molar-refractivity contribution in [2.75, 3.05) is 6.54 Å². The molecule has 0 unspecified atom stereocenters. The number of benzene rings is 1. The highest BCUT2D eigenvalue weighted by atomic mass is 127. The van der Waals surface area contributed by atoms with E-state index in [1.54, 1.807) is 17.1 Å². The number of hydrogen-bond acceptors (Lipinski definition) is 1. The molecular weight excluding hydrogens is 365 g/mol. The second-order valence-electron chi connectivity index (χ2n) is 5.06. The first-order chi connectivity index (χ1) is 9.24. The lowest BCUT2D eigenvalue weighted by Gasteiger charge is -2.17. The SMILES string of the molecule is C[n+]1ccn(C(=O)N2CCCc3ccccc3C2)c1.[I-]. The zero-order valence-electron chi connectivity index (χ0n) is 11.5. The van der Waals surface area contributed by atoms with Crippen LogP contribution in [0.1, 0.15) is 17.5 Å². The lowest BCUT2D eigenvalue weighted by atomic mass is 10.0. The smallest absolute Gasteiger partial charge is 0.416 e. The van der Waals surface area contributed by atoms with Gasteiger partial charge in [-0.15, -0.1) is 0 Å². The largest absolute Gasteiger partial charge is 1.00 e. The molecular formula is C15H18IN3O. The molecule has 1 aromatic heterocycles. The van der Waals surface area contributed by atoms with E-state index in [1.807, 2.05) is 28.8 Å². The van der Waals surface area contributed by atoms with E-state index in [0.29, 0.717) is 6.54 Å². The van der Waals surface area contributed by atoms with Crippen LogP contribution in [0.3, 0.4) is 0 Å². The molecule has 5 heteroatoms. The number of hydrogen-bond donors (Lipinski definition) is 0. The van der Waals surface area contributed by atoms with E-state index in [4.69, 9.17) is 0 Å². The van der Waals surface area contributed by atoms with E-state index < -0.39 is 0 Å². The first-order valence-electron chi connectivity index (χ1n) is 6.63. The van der Waals surface area contributed by atoms with E-state index >= 15 is 0 Å². The Morgan fingerprint density at radius 1 is 1.25 bits per heavy atom. The zero-order chi connectivity index (χ0) is 13.2. The molecule has 0 atom stereocenters. The highest BCUT2D eigenvalue weighted by molar-refractivity contribution is 5.76. The predicted molar refractivity (Wildman–Crippen MR) is 71.6 cm³/mol. The van der Waals surface area contributed by atoms with Crippen molar-refractivity contribution < 1.29 is 33.3 Å². The Kier molecular flexibility index (Phi) is 4.80. The summed E-state index contributed by atoms with van der Waals surface area (Å²) in [4.78, 5) is 14.4. The van der Waals surface area contributed by atoms with Crippen LogP contribution in [0.25, 0.3) is 0 Å². The average molecular weight is 383 g/mol. The van der Waals surface area contributed by atoms with Gasteiger partial charge in [-0.2, -0.15) is 4.57 Å². The van der Waals surface area contributed by atoms with E-state index in [0.717, 1.165) is 19.4 Å². The maximum atomic E-state index is 12.5. The maximum absolute atomic E-state index is 12.5.